The summed E-state index contributed by atoms with van der Waals surface area (Å²) in [4.78, 5) is 17.1. The van der Waals surface area contributed by atoms with Crippen LogP contribution in [0, 0.1) is 0 Å². The average molecular weight is 383 g/mol. The molecule has 27 heavy (non-hydrogen) atoms. The van der Waals surface area contributed by atoms with Crippen LogP contribution >= 0.6 is 0 Å². The Bertz CT molecular complexity index is 1070. The minimum absolute atomic E-state index is 0.144. The minimum Gasteiger partial charge on any atom is -0.322 e. The number of carbonyl (C=O) groups is 1. The molecule has 0 aliphatic carbocycles. The lowest BCUT2D eigenvalue weighted by atomic mass is 10.1. The van der Waals surface area contributed by atoms with E-state index in [9.17, 15) is 13.2 Å². The van der Waals surface area contributed by atoms with Crippen molar-refractivity contribution in [3.05, 3.63) is 66.4 Å². The maximum Gasteiger partial charge on any atom is 0.256 e. The van der Waals surface area contributed by atoms with Crippen LogP contribution in [0.1, 0.15) is 24.2 Å². The standard InChI is InChI=1S/C20H21N3O3S/c1-14(2)23(3)27(25,26)16-10-8-15(9-11-16)22-20(24)18-12-13-21-19-7-5-4-6-17(18)19/h4-14H,1-3H3,(H,22,24). The van der Waals surface area contributed by atoms with E-state index in [4.69, 9.17) is 0 Å². The van der Waals surface area contributed by atoms with E-state index in [1.54, 1.807) is 31.4 Å². The number of nitrogens with one attached hydrogen (secondary N) is 1. The topological polar surface area (TPSA) is 79.4 Å². The minimum atomic E-state index is -3.55. The number of sulfonamides is 1. The van der Waals surface area contributed by atoms with E-state index in [0.717, 1.165) is 10.9 Å². The molecule has 6 nitrogen and oxygen atoms in total. The fraction of sp³-hybridized carbons (Fsp3) is 0.200. The second-order valence-corrected chi connectivity index (χ2v) is 8.47. The van der Waals surface area contributed by atoms with Crippen molar-refractivity contribution in [1.29, 1.82) is 0 Å². The summed E-state index contributed by atoms with van der Waals surface area (Å²) in [5, 5.41) is 3.57. The highest BCUT2D eigenvalue weighted by molar-refractivity contribution is 7.89. The van der Waals surface area contributed by atoms with Gasteiger partial charge in [0.25, 0.3) is 5.91 Å². The second kappa shape index (κ2) is 7.46. The highest BCUT2D eigenvalue weighted by atomic mass is 32.2. The van der Waals surface area contributed by atoms with Crippen LogP contribution in [0.3, 0.4) is 0 Å². The third-order valence-corrected chi connectivity index (χ3v) is 6.46. The molecule has 0 fully saturated rings. The molecule has 2 aromatic carbocycles. The van der Waals surface area contributed by atoms with E-state index < -0.39 is 10.0 Å². The molecule has 0 aliphatic rings. The molecule has 0 radical (unpaired) electrons. The van der Waals surface area contributed by atoms with Crippen molar-refractivity contribution in [3.63, 3.8) is 0 Å². The molecule has 0 atom stereocenters. The molecule has 1 aromatic heterocycles. The third kappa shape index (κ3) is 3.84. The van der Waals surface area contributed by atoms with E-state index in [-0.39, 0.29) is 16.8 Å². The molecule has 7 heteroatoms. The predicted molar refractivity (Wildman–Crippen MR) is 106 cm³/mol. The quantitative estimate of drug-likeness (QED) is 0.731. The molecule has 0 aliphatic heterocycles. The summed E-state index contributed by atoms with van der Waals surface area (Å²) in [5.41, 5.74) is 1.77. The van der Waals surface area contributed by atoms with Crippen molar-refractivity contribution in [3.8, 4) is 0 Å². The summed E-state index contributed by atoms with van der Waals surface area (Å²) in [6.07, 6.45) is 1.59. The Morgan fingerprint density at radius 3 is 2.37 bits per heavy atom. The summed E-state index contributed by atoms with van der Waals surface area (Å²) in [7, 11) is -2.01. The number of hydrogen-bond donors (Lipinski definition) is 1. The number of hydrogen-bond acceptors (Lipinski definition) is 4. The van der Waals surface area contributed by atoms with Gasteiger partial charge in [-0.3, -0.25) is 9.78 Å². The SMILES string of the molecule is CC(C)N(C)S(=O)(=O)c1ccc(NC(=O)c2ccnc3ccccc23)cc1. The van der Waals surface area contributed by atoms with Gasteiger partial charge >= 0.3 is 0 Å². The summed E-state index contributed by atoms with van der Waals surface area (Å²) < 4.78 is 26.3. The maximum absolute atomic E-state index is 12.6. The van der Waals surface area contributed by atoms with Gasteiger partial charge in [-0.1, -0.05) is 18.2 Å². The van der Waals surface area contributed by atoms with E-state index in [1.807, 2.05) is 38.1 Å². The lowest BCUT2D eigenvalue weighted by Gasteiger charge is -2.21. The van der Waals surface area contributed by atoms with Gasteiger partial charge in [0.05, 0.1) is 16.0 Å². The third-order valence-electron chi connectivity index (χ3n) is 4.41. The molecular formula is C20H21N3O3S. The monoisotopic (exact) mass is 383 g/mol. The van der Waals surface area contributed by atoms with Crippen molar-refractivity contribution in [1.82, 2.24) is 9.29 Å². The van der Waals surface area contributed by atoms with Gasteiger partial charge in [-0.05, 0) is 50.2 Å². The Hall–Kier alpha value is -2.77. The number of para-hydroxylation sites is 1. The number of rotatable bonds is 5. The molecule has 0 unspecified atom stereocenters. The largest absolute Gasteiger partial charge is 0.322 e. The van der Waals surface area contributed by atoms with Crippen molar-refractivity contribution >= 4 is 32.5 Å². The van der Waals surface area contributed by atoms with Gasteiger partial charge in [0.1, 0.15) is 0 Å². The van der Waals surface area contributed by atoms with Crippen molar-refractivity contribution in [2.75, 3.05) is 12.4 Å². The molecule has 0 saturated heterocycles. The summed E-state index contributed by atoms with van der Waals surface area (Å²) in [6, 6.07) is 15.1. The molecule has 140 valence electrons. The van der Waals surface area contributed by atoms with Crippen LogP contribution in [-0.2, 0) is 10.0 Å². The lowest BCUT2D eigenvalue weighted by Crippen LogP contribution is -2.33. The van der Waals surface area contributed by atoms with Gasteiger partial charge in [0.15, 0.2) is 0 Å². The average Bonchev–Trinajstić information content (AvgIpc) is 2.67. The molecule has 3 aromatic rings. The number of amides is 1. The zero-order chi connectivity index (χ0) is 19.6. The summed E-state index contributed by atoms with van der Waals surface area (Å²) in [5.74, 6) is -0.275. The molecular weight excluding hydrogens is 362 g/mol. The van der Waals surface area contributed by atoms with Crippen LogP contribution in [0.2, 0.25) is 0 Å². The Kier molecular flexibility index (Phi) is 5.25. The van der Waals surface area contributed by atoms with Crippen molar-refractivity contribution in [2.24, 2.45) is 0 Å². The molecule has 0 spiro atoms. The van der Waals surface area contributed by atoms with Crippen LogP contribution in [-0.4, -0.2) is 36.7 Å². The Balaban J connectivity index is 1.83. The number of nitrogens with zero attached hydrogens (tertiary/aromatic N) is 2. The second-order valence-electron chi connectivity index (χ2n) is 6.47. The number of benzene rings is 2. The molecule has 0 saturated carbocycles. The Morgan fingerprint density at radius 2 is 1.70 bits per heavy atom. The molecule has 0 bridgehead atoms. The lowest BCUT2D eigenvalue weighted by molar-refractivity contribution is 0.102. The molecule has 1 heterocycles. The zero-order valence-corrected chi connectivity index (χ0v) is 16.2. The Labute approximate surface area is 158 Å². The van der Waals surface area contributed by atoms with Crippen LogP contribution in [0.15, 0.2) is 65.7 Å². The summed E-state index contributed by atoms with van der Waals surface area (Å²) in [6.45, 7) is 3.62. The highest BCUT2D eigenvalue weighted by Gasteiger charge is 2.23. The van der Waals surface area contributed by atoms with E-state index in [1.165, 1.54) is 16.4 Å². The van der Waals surface area contributed by atoms with Gasteiger partial charge < -0.3 is 5.32 Å². The number of pyridine rings is 1. The first-order chi connectivity index (χ1) is 12.8. The van der Waals surface area contributed by atoms with Gasteiger partial charge in [0.2, 0.25) is 10.0 Å². The molecule has 3 rings (SSSR count). The number of aromatic nitrogens is 1. The first-order valence-electron chi connectivity index (χ1n) is 8.54. The van der Waals surface area contributed by atoms with Gasteiger partial charge in [0, 0.05) is 30.4 Å². The number of fused-ring (bicyclic) bond motifs is 1. The van der Waals surface area contributed by atoms with Gasteiger partial charge in [-0.25, -0.2) is 8.42 Å². The zero-order valence-electron chi connectivity index (χ0n) is 15.4. The first kappa shape index (κ1) is 19.0. The number of anilines is 1. The Morgan fingerprint density at radius 1 is 1.04 bits per heavy atom. The van der Waals surface area contributed by atoms with Crippen molar-refractivity contribution in [2.45, 2.75) is 24.8 Å². The predicted octanol–water partition coefficient (Wildman–Crippen LogP) is 3.52. The van der Waals surface area contributed by atoms with Crippen LogP contribution in [0.5, 0.6) is 0 Å². The summed E-state index contributed by atoms with van der Waals surface area (Å²) >= 11 is 0. The van der Waals surface area contributed by atoms with Crippen molar-refractivity contribution < 1.29 is 13.2 Å². The normalized spacial score (nSPS) is 11.9. The smallest absolute Gasteiger partial charge is 0.256 e. The van der Waals surface area contributed by atoms with Gasteiger partial charge in [-0.2, -0.15) is 4.31 Å². The fourth-order valence-corrected chi connectivity index (χ4v) is 4.01. The van der Waals surface area contributed by atoms with Gasteiger partial charge in [-0.15, -0.1) is 0 Å². The van der Waals surface area contributed by atoms with Crippen LogP contribution in [0.4, 0.5) is 5.69 Å². The van der Waals surface area contributed by atoms with E-state index in [2.05, 4.69) is 10.3 Å². The maximum atomic E-state index is 12.6. The number of carbonyl (C=O) groups excluding carboxylic acids is 1. The van der Waals surface area contributed by atoms with E-state index >= 15 is 0 Å². The molecule has 1 N–H and O–H groups in total. The first-order valence-corrected chi connectivity index (χ1v) is 9.98. The molecule has 1 amide bonds. The van der Waals surface area contributed by atoms with E-state index in [0.29, 0.717) is 11.3 Å². The van der Waals surface area contributed by atoms with Crippen LogP contribution in [0.25, 0.3) is 10.9 Å². The van der Waals surface area contributed by atoms with Crippen LogP contribution < -0.4 is 5.32 Å². The highest BCUT2D eigenvalue weighted by Crippen LogP contribution is 2.21. The fourth-order valence-electron chi connectivity index (χ4n) is 2.65.